The molecule has 3 aliphatic heterocycles. The Morgan fingerprint density at radius 1 is 0.707 bits per heavy atom. The van der Waals surface area contributed by atoms with Gasteiger partial charge in [-0.05, 0) is 63.1 Å². The molecule has 0 aromatic heterocycles. The van der Waals surface area contributed by atoms with Crippen LogP contribution in [-0.2, 0) is 32.5 Å². The molecule has 41 heavy (non-hydrogen) atoms. The molecule has 0 radical (unpaired) electrons. The van der Waals surface area contributed by atoms with Gasteiger partial charge in [0, 0.05) is 12.8 Å². The number of aliphatic hydroxyl groups excluding tert-OH is 2. The molecule has 3 heterocycles. The maximum absolute atomic E-state index is 10.4. The van der Waals surface area contributed by atoms with Crippen LogP contribution in [0.15, 0.2) is 12.3 Å². The summed E-state index contributed by atoms with van der Waals surface area (Å²) in [5.41, 5.74) is 0. The summed E-state index contributed by atoms with van der Waals surface area (Å²) < 4.78 is 45.1. The summed E-state index contributed by atoms with van der Waals surface area (Å²) in [4.78, 5) is 0. The minimum absolute atomic E-state index is 0.00970. The van der Waals surface area contributed by atoms with Crippen LogP contribution >= 0.6 is 0 Å². The highest BCUT2D eigenvalue weighted by atomic mass is 28.4. The lowest BCUT2D eigenvalue weighted by atomic mass is 10.00. The smallest absolute Gasteiger partial charge is 0.193 e. The Hall–Kier alpha value is -0.346. The average Bonchev–Trinajstić information content (AvgIpc) is 2.80. The van der Waals surface area contributed by atoms with E-state index in [2.05, 4.69) is 67.7 Å². The highest BCUT2D eigenvalue weighted by molar-refractivity contribution is 6.74. The van der Waals surface area contributed by atoms with Gasteiger partial charge in [-0.3, -0.25) is 0 Å². The van der Waals surface area contributed by atoms with E-state index in [0.717, 1.165) is 0 Å². The molecule has 0 aliphatic carbocycles. The molecule has 11 atom stereocenters. The van der Waals surface area contributed by atoms with Gasteiger partial charge in [0.05, 0.1) is 36.8 Å². The quantitative estimate of drug-likeness (QED) is 0.343. The van der Waals surface area contributed by atoms with Crippen LogP contribution in [-0.4, -0.2) is 94.4 Å². The highest BCUT2D eigenvalue weighted by Gasteiger charge is 2.49. The molecule has 0 aromatic carbocycles. The molecule has 2 N–H and O–H groups in total. The van der Waals surface area contributed by atoms with Gasteiger partial charge in [0.25, 0.3) is 0 Å². The summed E-state index contributed by atoms with van der Waals surface area (Å²) in [6.45, 7) is 28.0. The number of hydrogen-bond donors (Lipinski definition) is 2. The molecular weight excluding hydrogens is 560 g/mol. The van der Waals surface area contributed by atoms with Crippen LogP contribution in [0.2, 0.25) is 36.3 Å². The van der Waals surface area contributed by atoms with E-state index in [1.54, 1.807) is 13.2 Å². The SMILES string of the molecule is C[C@H]1O[C@@H](O[C@H]2[C@@H](O[Si](C)(C)C(C)(C)C)C[C@H](O[C@H]3[C@@H](O[Si](C)(C)C(C)(C)C)C=CO[C@@H]3C)O[C@@H]2C)C[C@H](O)[C@@H]1O. The fraction of sp³-hybridized carbons (Fsp3) is 0.933. The number of aliphatic hydroxyl groups is 2. The maximum Gasteiger partial charge on any atom is 0.193 e. The zero-order chi connectivity index (χ0) is 31.1. The van der Waals surface area contributed by atoms with Gasteiger partial charge in [-0.2, -0.15) is 0 Å². The van der Waals surface area contributed by atoms with Crippen LogP contribution in [0.1, 0.15) is 75.2 Å². The fourth-order valence-electron chi connectivity index (χ4n) is 4.93. The van der Waals surface area contributed by atoms with Gasteiger partial charge in [0.2, 0.25) is 0 Å². The van der Waals surface area contributed by atoms with Crippen molar-refractivity contribution in [2.24, 2.45) is 0 Å². The molecule has 2 saturated heterocycles. The lowest BCUT2D eigenvalue weighted by molar-refractivity contribution is -0.319. The summed E-state index contributed by atoms with van der Waals surface area (Å²) in [7, 11) is -4.29. The van der Waals surface area contributed by atoms with E-state index in [9.17, 15) is 10.2 Å². The van der Waals surface area contributed by atoms with Crippen LogP contribution in [0.25, 0.3) is 0 Å². The third kappa shape index (κ3) is 8.43. The van der Waals surface area contributed by atoms with Crippen LogP contribution in [0, 0.1) is 0 Å². The molecule has 11 heteroatoms. The highest BCUT2D eigenvalue weighted by Crippen LogP contribution is 2.42. The number of hydrogen-bond acceptors (Lipinski definition) is 9. The van der Waals surface area contributed by atoms with Gasteiger partial charge < -0.3 is 42.7 Å². The molecular formula is C30H58O9Si2. The van der Waals surface area contributed by atoms with Gasteiger partial charge >= 0.3 is 0 Å². The van der Waals surface area contributed by atoms with Crippen LogP contribution in [0.3, 0.4) is 0 Å². The first-order valence-electron chi connectivity index (χ1n) is 15.3. The normalized spacial score (nSPS) is 39.4. The Bertz CT molecular complexity index is 872. The van der Waals surface area contributed by atoms with Gasteiger partial charge in [0.1, 0.15) is 24.4 Å². The van der Waals surface area contributed by atoms with E-state index < -0.39 is 53.6 Å². The van der Waals surface area contributed by atoms with E-state index >= 15 is 0 Å². The third-order valence-corrected chi connectivity index (χ3v) is 18.7. The second kappa shape index (κ2) is 12.9. The Balaban J connectivity index is 1.81. The molecule has 0 bridgehead atoms. The summed E-state index contributed by atoms with van der Waals surface area (Å²) in [5.74, 6) is 0. The Kier molecular flexibility index (Phi) is 11.1. The first-order chi connectivity index (χ1) is 18.6. The van der Waals surface area contributed by atoms with Gasteiger partial charge in [0.15, 0.2) is 29.2 Å². The van der Waals surface area contributed by atoms with Crippen LogP contribution in [0.5, 0.6) is 0 Å². The molecule has 0 aromatic rings. The Morgan fingerprint density at radius 2 is 1.22 bits per heavy atom. The van der Waals surface area contributed by atoms with E-state index in [0.29, 0.717) is 6.42 Å². The van der Waals surface area contributed by atoms with Crippen molar-refractivity contribution in [1.82, 2.24) is 0 Å². The largest absolute Gasteiger partial charge is 0.496 e. The molecule has 3 aliphatic rings. The van der Waals surface area contributed by atoms with Crippen molar-refractivity contribution >= 4 is 16.6 Å². The first kappa shape index (κ1) is 35.1. The summed E-state index contributed by atoms with van der Waals surface area (Å²) in [6, 6.07) is 0. The van der Waals surface area contributed by atoms with Crippen LogP contribution < -0.4 is 0 Å². The Labute approximate surface area is 250 Å². The first-order valence-corrected chi connectivity index (χ1v) is 21.1. The lowest BCUT2D eigenvalue weighted by Gasteiger charge is -2.48. The summed E-state index contributed by atoms with van der Waals surface area (Å²) in [6.07, 6.45) is -1.27. The second-order valence-electron chi connectivity index (χ2n) is 15.2. The van der Waals surface area contributed by atoms with Gasteiger partial charge in [-0.1, -0.05) is 41.5 Å². The van der Waals surface area contributed by atoms with Crippen molar-refractivity contribution in [2.75, 3.05) is 0 Å². The summed E-state index contributed by atoms with van der Waals surface area (Å²) >= 11 is 0. The predicted octanol–water partition coefficient (Wildman–Crippen LogP) is 5.46. The minimum Gasteiger partial charge on any atom is -0.496 e. The van der Waals surface area contributed by atoms with Crippen LogP contribution in [0.4, 0.5) is 0 Å². The van der Waals surface area contributed by atoms with Crippen molar-refractivity contribution in [1.29, 1.82) is 0 Å². The van der Waals surface area contributed by atoms with Crippen molar-refractivity contribution in [3.63, 3.8) is 0 Å². The van der Waals surface area contributed by atoms with Crippen molar-refractivity contribution in [3.05, 3.63) is 12.3 Å². The van der Waals surface area contributed by atoms with E-state index in [1.807, 2.05) is 19.9 Å². The molecule has 0 amide bonds. The van der Waals surface area contributed by atoms with Gasteiger partial charge in [-0.25, -0.2) is 0 Å². The van der Waals surface area contributed by atoms with E-state index in [4.69, 9.17) is 32.5 Å². The van der Waals surface area contributed by atoms with Gasteiger partial charge in [-0.15, -0.1) is 0 Å². The molecule has 0 unspecified atom stereocenters. The Morgan fingerprint density at radius 3 is 1.78 bits per heavy atom. The summed E-state index contributed by atoms with van der Waals surface area (Å²) in [5, 5.41) is 20.6. The number of rotatable bonds is 8. The number of ether oxygens (including phenoxy) is 5. The fourth-order valence-corrected chi connectivity index (χ4v) is 7.52. The topological polar surface area (TPSA) is 105 Å². The maximum atomic E-state index is 10.4. The molecule has 9 nitrogen and oxygen atoms in total. The zero-order valence-corrected chi connectivity index (χ0v) is 29.7. The lowest BCUT2D eigenvalue weighted by Crippen LogP contribution is -2.59. The van der Waals surface area contributed by atoms with E-state index in [-0.39, 0.29) is 47.0 Å². The van der Waals surface area contributed by atoms with Crippen molar-refractivity contribution in [2.45, 2.75) is 179 Å². The standard InChI is InChI=1S/C30H58O9Si2/c1-18-26(32)21(31)16-24(34-18)36-28-20(3)35-25(17-23(28)39-41(12,13)30(7,8)9)37-27-19(2)33-15-14-22(27)38-40(10,11)29(4,5)6/h14-15,18-28,31-32H,16-17H2,1-13H3/t18-,19-,20-,21+,22+,23+,24+,25+,26-,27-,28-/m1/s1. The molecule has 0 saturated carbocycles. The monoisotopic (exact) mass is 618 g/mol. The van der Waals surface area contributed by atoms with E-state index in [1.165, 1.54) is 0 Å². The molecule has 0 spiro atoms. The van der Waals surface area contributed by atoms with Crippen molar-refractivity contribution in [3.8, 4) is 0 Å². The second-order valence-corrected chi connectivity index (χ2v) is 24.7. The molecule has 3 rings (SSSR count). The van der Waals surface area contributed by atoms with Crippen molar-refractivity contribution < 1.29 is 42.7 Å². The zero-order valence-electron chi connectivity index (χ0n) is 27.7. The third-order valence-electron chi connectivity index (χ3n) is 9.75. The molecule has 240 valence electrons. The minimum atomic E-state index is -2.21. The predicted molar refractivity (Wildman–Crippen MR) is 163 cm³/mol. The molecule has 2 fully saturated rings. The average molecular weight is 619 g/mol.